The van der Waals surface area contributed by atoms with Gasteiger partial charge in [0, 0.05) is 22.6 Å². The number of hydrogen-bond acceptors (Lipinski definition) is 1. The lowest BCUT2D eigenvalue weighted by molar-refractivity contribution is 0.355. The Kier molecular flexibility index (Phi) is 6.17. The van der Waals surface area contributed by atoms with Crippen LogP contribution in [0, 0.1) is 11.8 Å². The maximum Gasteiger partial charge on any atom is 0.0444 e. The van der Waals surface area contributed by atoms with Crippen molar-refractivity contribution < 1.29 is 0 Å². The molecular formula is C19H28ClN. The summed E-state index contributed by atoms with van der Waals surface area (Å²) in [7, 11) is 0. The minimum atomic E-state index is 0.566. The van der Waals surface area contributed by atoms with Crippen molar-refractivity contribution in [3.63, 3.8) is 0 Å². The largest absolute Gasteiger partial charge is 0.321 e. The number of hydrogen-bond donors (Lipinski definition) is 0. The molecule has 116 valence electrons. The third-order valence-electron chi connectivity index (χ3n) is 4.71. The van der Waals surface area contributed by atoms with E-state index in [0.717, 1.165) is 17.4 Å². The number of allylic oxidation sites excluding steroid dienone is 6. The number of unbranched alkanes of at least 4 members (excludes halogenated alkanes) is 1. The molecule has 0 radical (unpaired) electrons. The highest BCUT2D eigenvalue weighted by Crippen LogP contribution is 2.39. The Balaban J connectivity index is 2.25. The zero-order valence-corrected chi connectivity index (χ0v) is 14.4. The highest BCUT2D eigenvalue weighted by Gasteiger charge is 2.28. The quantitative estimate of drug-likeness (QED) is 0.572. The summed E-state index contributed by atoms with van der Waals surface area (Å²) in [4.78, 5) is 2.34. The minimum absolute atomic E-state index is 0.566. The molecule has 1 heterocycles. The van der Waals surface area contributed by atoms with Gasteiger partial charge in [-0.25, -0.2) is 0 Å². The summed E-state index contributed by atoms with van der Waals surface area (Å²) in [6.07, 6.45) is 18.7. The fourth-order valence-electron chi connectivity index (χ4n) is 3.40. The molecular weight excluding hydrogens is 278 g/mol. The predicted molar refractivity (Wildman–Crippen MR) is 92.8 cm³/mol. The van der Waals surface area contributed by atoms with Crippen LogP contribution in [0.15, 0.2) is 46.9 Å². The van der Waals surface area contributed by atoms with Crippen LogP contribution in [0.2, 0.25) is 0 Å². The first-order valence-electron chi connectivity index (χ1n) is 8.38. The van der Waals surface area contributed by atoms with Crippen LogP contribution in [0.3, 0.4) is 0 Å². The fourth-order valence-corrected chi connectivity index (χ4v) is 3.63. The average Bonchev–Trinajstić information content (AvgIpc) is 3.01. The molecule has 1 nitrogen and oxygen atoms in total. The molecule has 1 aliphatic heterocycles. The molecule has 21 heavy (non-hydrogen) atoms. The van der Waals surface area contributed by atoms with E-state index in [2.05, 4.69) is 56.2 Å². The summed E-state index contributed by atoms with van der Waals surface area (Å²) in [6, 6.07) is 0. The fraction of sp³-hybridized carbons (Fsp3) is 0.579. The van der Waals surface area contributed by atoms with Gasteiger partial charge in [0.05, 0.1) is 0 Å². The first kappa shape index (κ1) is 16.4. The Labute approximate surface area is 135 Å². The van der Waals surface area contributed by atoms with E-state index in [1.54, 1.807) is 0 Å². The summed E-state index contributed by atoms with van der Waals surface area (Å²) in [6.45, 7) is 6.66. The van der Waals surface area contributed by atoms with Gasteiger partial charge in [-0.05, 0) is 50.2 Å². The number of halogens is 1. The Morgan fingerprint density at radius 3 is 2.67 bits per heavy atom. The second-order valence-electron chi connectivity index (χ2n) is 6.19. The van der Waals surface area contributed by atoms with E-state index in [9.17, 15) is 0 Å². The maximum atomic E-state index is 6.36. The second-order valence-corrected chi connectivity index (χ2v) is 6.63. The van der Waals surface area contributed by atoms with Gasteiger partial charge in [0.2, 0.25) is 0 Å². The molecule has 1 saturated carbocycles. The summed E-state index contributed by atoms with van der Waals surface area (Å²) < 4.78 is 0. The van der Waals surface area contributed by atoms with E-state index in [1.165, 1.54) is 43.5 Å². The predicted octanol–water partition coefficient (Wildman–Crippen LogP) is 6.35. The Hall–Kier alpha value is -0.950. The van der Waals surface area contributed by atoms with Crippen LogP contribution in [-0.4, -0.2) is 4.90 Å². The Morgan fingerprint density at radius 1 is 1.33 bits per heavy atom. The molecule has 0 amide bonds. The van der Waals surface area contributed by atoms with Crippen LogP contribution in [0.5, 0.6) is 0 Å². The molecule has 0 aromatic rings. The van der Waals surface area contributed by atoms with E-state index in [-0.39, 0.29) is 0 Å². The van der Waals surface area contributed by atoms with Crippen LogP contribution in [0.4, 0.5) is 0 Å². The molecule has 0 saturated heterocycles. The highest BCUT2D eigenvalue weighted by molar-refractivity contribution is 6.31. The molecule has 1 atom stereocenters. The van der Waals surface area contributed by atoms with Gasteiger partial charge < -0.3 is 4.90 Å². The van der Waals surface area contributed by atoms with Gasteiger partial charge in [0.25, 0.3) is 0 Å². The minimum Gasteiger partial charge on any atom is -0.321 e. The van der Waals surface area contributed by atoms with Crippen molar-refractivity contribution in [1.82, 2.24) is 4.90 Å². The lowest BCUT2D eigenvalue weighted by atomic mass is 9.88. The Morgan fingerprint density at radius 2 is 2.05 bits per heavy atom. The van der Waals surface area contributed by atoms with Gasteiger partial charge in [-0.15, -0.1) is 0 Å². The SMILES string of the molecule is C/C=C1/C=C(Cl)C=C(C(C)C2CCCC2)N1/C=C/CCC. The van der Waals surface area contributed by atoms with Crippen molar-refractivity contribution in [2.75, 3.05) is 0 Å². The molecule has 1 fully saturated rings. The molecule has 0 aromatic heterocycles. The first-order chi connectivity index (χ1) is 10.2. The van der Waals surface area contributed by atoms with E-state index in [4.69, 9.17) is 11.6 Å². The van der Waals surface area contributed by atoms with Crippen LogP contribution in [0.1, 0.15) is 59.3 Å². The molecule has 2 heteroatoms. The molecule has 1 unspecified atom stereocenters. The maximum absolute atomic E-state index is 6.36. The molecule has 1 aliphatic carbocycles. The zero-order chi connectivity index (χ0) is 15.2. The van der Waals surface area contributed by atoms with Crippen LogP contribution < -0.4 is 0 Å². The summed E-state index contributed by atoms with van der Waals surface area (Å²) in [5.41, 5.74) is 2.55. The normalized spacial score (nSPS) is 23.8. The second kappa shape index (κ2) is 7.89. The number of rotatable bonds is 5. The number of nitrogens with zero attached hydrogens (tertiary/aromatic N) is 1. The van der Waals surface area contributed by atoms with Gasteiger partial charge >= 0.3 is 0 Å². The molecule has 2 rings (SSSR count). The molecule has 0 spiro atoms. The van der Waals surface area contributed by atoms with Crippen molar-refractivity contribution in [2.45, 2.75) is 59.3 Å². The van der Waals surface area contributed by atoms with E-state index in [0.29, 0.717) is 5.92 Å². The standard InChI is InChI=1S/C19H28ClN/c1-4-6-9-12-21-18(5-2)13-17(20)14-19(21)15(3)16-10-7-8-11-16/h5,9,12-16H,4,6-8,10-11H2,1-3H3/b12-9+,18-5-. The van der Waals surface area contributed by atoms with Crippen molar-refractivity contribution >= 4 is 11.6 Å². The van der Waals surface area contributed by atoms with Crippen LogP contribution >= 0.6 is 11.6 Å². The van der Waals surface area contributed by atoms with Crippen molar-refractivity contribution in [3.8, 4) is 0 Å². The lowest BCUT2D eigenvalue weighted by Gasteiger charge is -2.34. The molecule has 0 bridgehead atoms. The lowest BCUT2D eigenvalue weighted by Crippen LogP contribution is -2.26. The van der Waals surface area contributed by atoms with Crippen molar-refractivity contribution in [3.05, 3.63) is 46.9 Å². The third-order valence-corrected chi connectivity index (χ3v) is 4.93. The Bertz CT molecular complexity index is 464. The monoisotopic (exact) mass is 305 g/mol. The summed E-state index contributed by atoms with van der Waals surface area (Å²) in [5, 5.41) is 0.850. The van der Waals surface area contributed by atoms with E-state index in [1.807, 2.05) is 0 Å². The summed E-state index contributed by atoms with van der Waals surface area (Å²) in [5.74, 6) is 1.37. The molecule has 0 aromatic carbocycles. The van der Waals surface area contributed by atoms with Gasteiger partial charge in [-0.3, -0.25) is 0 Å². The van der Waals surface area contributed by atoms with Crippen molar-refractivity contribution in [2.24, 2.45) is 11.8 Å². The summed E-state index contributed by atoms with van der Waals surface area (Å²) >= 11 is 6.36. The molecule has 2 aliphatic rings. The van der Waals surface area contributed by atoms with Gasteiger partial charge in [0.1, 0.15) is 0 Å². The third kappa shape index (κ3) is 4.03. The van der Waals surface area contributed by atoms with Crippen LogP contribution in [-0.2, 0) is 0 Å². The van der Waals surface area contributed by atoms with Gasteiger partial charge in [-0.2, -0.15) is 0 Å². The van der Waals surface area contributed by atoms with Crippen molar-refractivity contribution in [1.29, 1.82) is 0 Å². The molecule has 0 N–H and O–H groups in total. The average molecular weight is 306 g/mol. The zero-order valence-electron chi connectivity index (χ0n) is 13.6. The van der Waals surface area contributed by atoms with Crippen LogP contribution in [0.25, 0.3) is 0 Å². The highest BCUT2D eigenvalue weighted by atomic mass is 35.5. The first-order valence-corrected chi connectivity index (χ1v) is 8.76. The smallest absolute Gasteiger partial charge is 0.0444 e. The van der Waals surface area contributed by atoms with Gasteiger partial charge in [-0.1, -0.05) is 56.9 Å². The van der Waals surface area contributed by atoms with E-state index >= 15 is 0 Å². The van der Waals surface area contributed by atoms with E-state index < -0.39 is 0 Å². The topological polar surface area (TPSA) is 3.24 Å². The van der Waals surface area contributed by atoms with Gasteiger partial charge in [0.15, 0.2) is 0 Å².